The van der Waals surface area contributed by atoms with Gasteiger partial charge in [-0.2, -0.15) is 0 Å². The molecule has 45 heavy (non-hydrogen) atoms. The van der Waals surface area contributed by atoms with Crippen LogP contribution in [0.2, 0.25) is 0 Å². The minimum absolute atomic E-state index is 0.00738. The third kappa shape index (κ3) is 6.30. The Balaban J connectivity index is 1.00. The Morgan fingerprint density at radius 3 is 2.69 bits per heavy atom. The van der Waals surface area contributed by atoms with Gasteiger partial charge in [-0.25, -0.2) is 9.97 Å². The molecule has 12 nitrogen and oxygen atoms in total. The van der Waals surface area contributed by atoms with Crippen molar-refractivity contribution in [1.82, 2.24) is 19.8 Å². The molecule has 4 heterocycles. The number of morpholine rings is 1. The fourth-order valence-corrected chi connectivity index (χ4v) is 6.78. The lowest BCUT2D eigenvalue weighted by atomic mass is 10.0. The quantitative estimate of drug-likeness (QED) is 0.330. The Morgan fingerprint density at radius 2 is 1.93 bits per heavy atom. The molecule has 1 unspecified atom stereocenters. The molecule has 0 bridgehead atoms. The van der Waals surface area contributed by atoms with Gasteiger partial charge in [0, 0.05) is 62.8 Å². The van der Waals surface area contributed by atoms with Crippen molar-refractivity contribution in [2.75, 3.05) is 44.3 Å². The van der Waals surface area contributed by atoms with Crippen molar-refractivity contribution in [1.29, 1.82) is 0 Å². The van der Waals surface area contributed by atoms with Crippen molar-refractivity contribution < 1.29 is 29.0 Å². The number of carboxylic acids is 1. The SMILES string of the molecule is NC(=O)C(CCC(=O)O)N1Cc2cc(O[C@H]3CCN(Cc4cc(C5CC5)c5nc(N6CCOCC6)ncc5c4)C3)ccc2C1=O. The Labute approximate surface area is 261 Å². The van der Waals surface area contributed by atoms with Gasteiger partial charge in [0.1, 0.15) is 17.9 Å². The summed E-state index contributed by atoms with van der Waals surface area (Å²) >= 11 is 0. The Bertz CT molecular complexity index is 1640. The molecule has 236 valence electrons. The van der Waals surface area contributed by atoms with E-state index in [2.05, 4.69) is 21.9 Å². The van der Waals surface area contributed by atoms with Crippen LogP contribution in [0.1, 0.15) is 65.1 Å². The van der Waals surface area contributed by atoms with E-state index < -0.39 is 17.9 Å². The van der Waals surface area contributed by atoms with Gasteiger partial charge in [-0.15, -0.1) is 0 Å². The minimum atomic E-state index is -1.04. The fraction of sp³-hybridized carbons (Fsp3) is 0.485. The van der Waals surface area contributed by atoms with Crippen molar-refractivity contribution in [3.05, 3.63) is 58.8 Å². The zero-order chi connectivity index (χ0) is 31.1. The molecule has 0 radical (unpaired) electrons. The average Bonchev–Trinajstić information content (AvgIpc) is 3.71. The first-order chi connectivity index (χ1) is 21.8. The highest BCUT2D eigenvalue weighted by Crippen LogP contribution is 2.43. The number of nitrogens with zero attached hydrogens (tertiary/aromatic N) is 5. The van der Waals surface area contributed by atoms with Crippen LogP contribution in [-0.2, 0) is 27.4 Å². The molecular formula is C33H38N6O6. The van der Waals surface area contributed by atoms with E-state index in [1.807, 2.05) is 12.3 Å². The second-order valence-corrected chi connectivity index (χ2v) is 12.5. The van der Waals surface area contributed by atoms with Gasteiger partial charge in [0.25, 0.3) is 5.91 Å². The van der Waals surface area contributed by atoms with E-state index in [4.69, 9.17) is 30.3 Å². The Kier molecular flexibility index (Phi) is 8.01. The number of aliphatic carboxylic acids is 1. The molecular weight excluding hydrogens is 576 g/mol. The molecule has 3 fully saturated rings. The van der Waals surface area contributed by atoms with Gasteiger partial charge in [-0.3, -0.25) is 19.3 Å². The summed E-state index contributed by atoms with van der Waals surface area (Å²) < 4.78 is 11.9. The van der Waals surface area contributed by atoms with E-state index >= 15 is 0 Å². The van der Waals surface area contributed by atoms with E-state index in [0.29, 0.717) is 30.4 Å². The number of nitrogens with two attached hydrogens (primary N) is 1. The molecule has 3 aromatic rings. The maximum atomic E-state index is 13.0. The predicted octanol–water partition coefficient (Wildman–Crippen LogP) is 2.67. The van der Waals surface area contributed by atoms with E-state index in [1.165, 1.54) is 28.9 Å². The largest absolute Gasteiger partial charge is 0.489 e. The molecule has 1 aliphatic carbocycles. The zero-order valence-corrected chi connectivity index (χ0v) is 25.2. The summed E-state index contributed by atoms with van der Waals surface area (Å²) in [6.45, 7) is 5.74. The van der Waals surface area contributed by atoms with E-state index in [9.17, 15) is 14.4 Å². The monoisotopic (exact) mass is 614 g/mol. The number of amides is 2. The highest BCUT2D eigenvalue weighted by atomic mass is 16.5. The fourth-order valence-electron chi connectivity index (χ4n) is 6.78. The number of benzene rings is 2. The lowest BCUT2D eigenvalue weighted by Gasteiger charge is -2.27. The first-order valence-corrected chi connectivity index (χ1v) is 15.8. The number of carbonyl (C=O) groups excluding carboxylic acids is 2. The number of ether oxygens (including phenoxy) is 2. The average molecular weight is 615 g/mol. The standard InChI is InChI=1S/C33H38N6O6/c34-31(42)28(5-6-29(40)41)39-18-23-15-24(3-4-26(23)32(39)43)45-25-7-8-37(19-25)17-20-13-22-16-35-33(38-9-11-44-12-10-38)36-30(22)27(14-20)21-1-2-21/h3-4,13-16,21,25,28H,1-2,5-12,17-19H2,(H2,34,42)(H,40,41)/t25-,28?/m0/s1. The van der Waals surface area contributed by atoms with Crippen LogP contribution < -0.4 is 15.4 Å². The van der Waals surface area contributed by atoms with E-state index in [0.717, 1.165) is 61.6 Å². The molecule has 2 aromatic carbocycles. The lowest BCUT2D eigenvalue weighted by molar-refractivity contribution is -0.137. The van der Waals surface area contributed by atoms with Crippen LogP contribution in [0.25, 0.3) is 10.9 Å². The van der Waals surface area contributed by atoms with Gasteiger partial charge < -0.3 is 30.1 Å². The van der Waals surface area contributed by atoms with Gasteiger partial charge in [-0.1, -0.05) is 6.07 Å². The maximum absolute atomic E-state index is 13.0. The van der Waals surface area contributed by atoms with Gasteiger partial charge in [-0.05, 0) is 72.6 Å². The number of carbonyl (C=O) groups is 3. The molecule has 0 spiro atoms. The van der Waals surface area contributed by atoms with Crippen molar-refractivity contribution in [2.45, 2.75) is 63.3 Å². The molecule has 2 amide bonds. The number of fused-ring (bicyclic) bond motifs is 2. The highest BCUT2D eigenvalue weighted by molar-refractivity contribution is 6.01. The van der Waals surface area contributed by atoms with Crippen LogP contribution in [0.4, 0.5) is 5.95 Å². The van der Waals surface area contributed by atoms with Crippen LogP contribution in [0.15, 0.2) is 36.5 Å². The Morgan fingerprint density at radius 1 is 1.11 bits per heavy atom. The molecule has 4 aliphatic rings. The molecule has 3 aliphatic heterocycles. The minimum Gasteiger partial charge on any atom is -0.489 e. The first-order valence-electron chi connectivity index (χ1n) is 15.8. The summed E-state index contributed by atoms with van der Waals surface area (Å²) in [6.07, 6.45) is 4.99. The number of primary amides is 1. The van der Waals surface area contributed by atoms with E-state index in [1.54, 1.807) is 12.1 Å². The summed E-state index contributed by atoms with van der Waals surface area (Å²) in [4.78, 5) is 51.8. The number of hydrogen-bond acceptors (Lipinski definition) is 9. The molecule has 1 aromatic heterocycles. The number of likely N-dealkylation sites (tertiary alicyclic amines) is 1. The van der Waals surface area contributed by atoms with Gasteiger partial charge in [0.05, 0.1) is 18.7 Å². The van der Waals surface area contributed by atoms with Crippen molar-refractivity contribution in [3.63, 3.8) is 0 Å². The Hall–Kier alpha value is -4.29. The van der Waals surface area contributed by atoms with Gasteiger partial charge >= 0.3 is 5.97 Å². The van der Waals surface area contributed by atoms with Crippen LogP contribution >= 0.6 is 0 Å². The molecule has 7 rings (SSSR count). The topological polar surface area (TPSA) is 151 Å². The number of aromatic nitrogens is 2. The van der Waals surface area contributed by atoms with Gasteiger partial charge in [0.2, 0.25) is 11.9 Å². The van der Waals surface area contributed by atoms with E-state index in [-0.39, 0.29) is 31.4 Å². The molecule has 3 N–H and O–H groups in total. The summed E-state index contributed by atoms with van der Waals surface area (Å²) in [5, 5.41) is 10.1. The summed E-state index contributed by atoms with van der Waals surface area (Å²) in [6, 6.07) is 8.94. The van der Waals surface area contributed by atoms with Crippen molar-refractivity contribution in [3.8, 4) is 5.75 Å². The highest BCUT2D eigenvalue weighted by Gasteiger charge is 2.36. The third-order valence-electron chi connectivity index (χ3n) is 9.25. The van der Waals surface area contributed by atoms with Gasteiger partial charge in [0.15, 0.2) is 0 Å². The molecule has 12 heteroatoms. The number of rotatable bonds is 11. The second-order valence-electron chi connectivity index (χ2n) is 12.5. The summed E-state index contributed by atoms with van der Waals surface area (Å²) in [5.41, 5.74) is 10.4. The maximum Gasteiger partial charge on any atom is 0.303 e. The zero-order valence-electron chi connectivity index (χ0n) is 25.2. The van der Waals surface area contributed by atoms with Crippen molar-refractivity contribution in [2.24, 2.45) is 5.73 Å². The smallest absolute Gasteiger partial charge is 0.303 e. The van der Waals surface area contributed by atoms with Crippen LogP contribution in [0.3, 0.4) is 0 Å². The summed E-state index contributed by atoms with van der Waals surface area (Å²) in [5.74, 6) is -0.0431. The van der Waals surface area contributed by atoms with Crippen LogP contribution in [-0.4, -0.2) is 94.2 Å². The molecule has 2 saturated heterocycles. The number of carboxylic acid groups (broad SMARTS) is 1. The van der Waals surface area contributed by atoms with Crippen LogP contribution in [0, 0.1) is 0 Å². The predicted molar refractivity (Wildman–Crippen MR) is 165 cm³/mol. The second kappa shape index (κ2) is 12.2. The third-order valence-corrected chi connectivity index (χ3v) is 9.25. The summed E-state index contributed by atoms with van der Waals surface area (Å²) in [7, 11) is 0. The molecule has 1 saturated carbocycles. The van der Waals surface area contributed by atoms with Crippen molar-refractivity contribution >= 4 is 34.6 Å². The number of hydrogen-bond donors (Lipinski definition) is 2. The van der Waals surface area contributed by atoms with Crippen LogP contribution in [0.5, 0.6) is 5.75 Å². The normalized spacial score (nSPS) is 20.9. The lowest BCUT2D eigenvalue weighted by Crippen LogP contribution is -2.45. The number of anilines is 1. The first kappa shape index (κ1) is 29.4. The molecule has 2 atom stereocenters.